The Balaban J connectivity index is 3.34. The maximum absolute atomic E-state index is 3.91. The monoisotopic (exact) mass is 227 g/mol. The fraction of sp³-hybridized carbons (Fsp3) is 0.250. The Bertz CT molecular complexity index is 430. The zero-order valence-corrected chi connectivity index (χ0v) is 11.0. The van der Waals surface area contributed by atoms with Crippen molar-refractivity contribution in [2.24, 2.45) is 0 Å². The summed E-state index contributed by atoms with van der Waals surface area (Å²) in [7, 11) is 2.08. The molecule has 0 aromatic heterocycles. The summed E-state index contributed by atoms with van der Waals surface area (Å²) in [5.74, 6) is 0. The molecule has 90 valence electrons. The Labute approximate surface area is 105 Å². The van der Waals surface area contributed by atoms with Crippen LogP contribution in [0, 0.1) is 0 Å². The van der Waals surface area contributed by atoms with Crippen LogP contribution in [0.25, 0.3) is 0 Å². The summed E-state index contributed by atoms with van der Waals surface area (Å²) in [6.07, 6.45) is 13.1. The van der Waals surface area contributed by atoms with Crippen molar-refractivity contribution in [1.29, 1.82) is 0 Å². The first-order valence-electron chi connectivity index (χ1n) is 5.89. The van der Waals surface area contributed by atoms with Crippen LogP contribution in [0.1, 0.15) is 20.3 Å². The van der Waals surface area contributed by atoms with Gasteiger partial charge in [0.25, 0.3) is 0 Å². The molecule has 0 bridgehead atoms. The van der Waals surface area contributed by atoms with E-state index in [4.69, 9.17) is 0 Å². The van der Waals surface area contributed by atoms with Gasteiger partial charge in [0.05, 0.1) is 0 Å². The Hall–Kier alpha value is -1.76. The van der Waals surface area contributed by atoms with E-state index in [9.17, 15) is 0 Å². The summed E-state index contributed by atoms with van der Waals surface area (Å²) in [6.45, 7) is 11.8. The van der Waals surface area contributed by atoms with E-state index >= 15 is 0 Å². The Morgan fingerprint density at radius 2 is 1.94 bits per heavy atom. The summed E-state index contributed by atoms with van der Waals surface area (Å²) in [5.41, 5.74) is 5.00. The van der Waals surface area contributed by atoms with Crippen molar-refractivity contribution in [1.82, 2.24) is 4.90 Å². The molecule has 0 aliphatic carbocycles. The van der Waals surface area contributed by atoms with Crippen LogP contribution in [0.3, 0.4) is 0 Å². The second-order valence-corrected chi connectivity index (χ2v) is 3.95. The van der Waals surface area contributed by atoms with Gasteiger partial charge < -0.3 is 4.90 Å². The molecule has 17 heavy (non-hydrogen) atoms. The van der Waals surface area contributed by atoms with Crippen LogP contribution in [0.5, 0.6) is 0 Å². The van der Waals surface area contributed by atoms with Gasteiger partial charge in [0.1, 0.15) is 0 Å². The van der Waals surface area contributed by atoms with Crippen LogP contribution in [-0.2, 0) is 0 Å². The highest BCUT2D eigenvalue weighted by Gasteiger charge is 2.20. The van der Waals surface area contributed by atoms with Crippen molar-refractivity contribution in [2.75, 3.05) is 7.05 Å². The van der Waals surface area contributed by atoms with Crippen molar-refractivity contribution in [3.05, 3.63) is 72.2 Å². The van der Waals surface area contributed by atoms with Crippen molar-refractivity contribution in [2.45, 2.75) is 20.3 Å². The molecule has 0 atom stereocenters. The summed E-state index contributed by atoms with van der Waals surface area (Å²) in [6, 6.07) is 0. The minimum absolute atomic E-state index is 0.932. The predicted octanol–water partition coefficient (Wildman–Crippen LogP) is 4.35. The van der Waals surface area contributed by atoms with E-state index in [2.05, 4.69) is 56.3 Å². The average molecular weight is 227 g/mol. The summed E-state index contributed by atoms with van der Waals surface area (Å²) >= 11 is 0. The lowest BCUT2D eigenvalue weighted by atomic mass is 9.93. The first kappa shape index (κ1) is 13.3. The maximum Gasteiger partial charge on any atom is 0.0437 e. The molecule has 0 unspecified atom stereocenters. The van der Waals surface area contributed by atoms with Gasteiger partial charge in [-0.1, -0.05) is 43.5 Å². The number of allylic oxidation sites excluding steroid dienone is 8. The first-order chi connectivity index (χ1) is 8.19. The van der Waals surface area contributed by atoms with Crippen LogP contribution < -0.4 is 0 Å². The normalized spacial score (nSPS) is 21.7. The molecule has 0 saturated heterocycles. The SMILES string of the molecule is C=C/C=C1/CC(/C=C\C)=C(C=C)N(C)/C1=C/C. The van der Waals surface area contributed by atoms with E-state index < -0.39 is 0 Å². The molecule has 1 heterocycles. The third-order valence-corrected chi connectivity index (χ3v) is 2.92. The van der Waals surface area contributed by atoms with Crippen molar-refractivity contribution in [3.8, 4) is 0 Å². The molecule has 0 radical (unpaired) electrons. The minimum atomic E-state index is 0.932. The largest absolute Gasteiger partial charge is 0.344 e. The topological polar surface area (TPSA) is 3.24 Å². The number of hydrogen-bond acceptors (Lipinski definition) is 1. The summed E-state index contributed by atoms with van der Waals surface area (Å²) in [4.78, 5) is 2.18. The fourth-order valence-corrected chi connectivity index (χ4v) is 2.23. The van der Waals surface area contributed by atoms with Gasteiger partial charge in [0.15, 0.2) is 0 Å². The number of rotatable bonds is 3. The Morgan fingerprint density at radius 1 is 1.24 bits per heavy atom. The molecule has 1 aliphatic heterocycles. The van der Waals surface area contributed by atoms with E-state index in [-0.39, 0.29) is 0 Å². The highest BCUT2D eigenvalue weighted by atomic mass is 15.1. The minimum Gasteiger partial charge on any atom is -0.344 e. The van der Waals surface area contributed by atoms with Crippen LogP contribution in [0.4, 0.5) is 0 Å². The van der Waals surface area contributed by atoms with Gasteiger partial charge in [-0.15, -0.1) is 0 Å². The van der Waals surface area contributed by atoms with E-state index in [0.29, 0.717) is 0 Å². The smallest absolute Gasteiger partial charge is 0.0437 e. The summed E-state index contributed by atoms with van der Waals surface area (Å²) < 4.78 is 0. The molecule has 0 aromatic carbocycles. The number of likely N-dealkylation sites (N-methyl/N-ethyl adjacent to an activating group) is 1. The lowest BCUT2D eigenvalue weighted by Gasteiger charge is -2.32. The van der Waals surface area contributed by atoms with Crippen molar-refractivity contribution in [3.63, 3.8) is 0 Å². The Morgan fingerprint density at radius 3 is 2.41 bits per heavy atom. The maximum atomic E-state index is 3.91. The quantitative estimate of drug-likeness (QED) is 0.692. The third kappa shape index (κ3) is 2.68. The molecule has 0 amide bonds. The molecule has 0 saturated carbocycles. The third-order valence-electron chi connectivity index (χ3n) is 2.92. The highest BCUT2D eigenvalue weighted by Crippen LogP contribution is 2.33. The summed E-state index contributed by atoms with van der Waals surface area (Å²) in [5, 5.41) is 0. The molecule has 0 aromatic rings. The van der Waals surface area contributed by atoms with Crippen LogP contribution in [0.2, 0.25) is 0 Å². The molecular weight excluding hydrogens is 206 g/mol. The highest BCUT2D eigenvalue weighted by molar-refractivity contribution is 5.48. The number of nitrogens with zero attached hydrogens (tertiary/aromatic N) is 1. The van der Waals surface area contributed by atoms with E-state index in [1.807, 2.05) is 19.1 Å². The molecular formula is C16H21N. The van der Waals surface area contributed by atoms with Gasteiger partial charge in [0.2, 0.25) is 0 Å². The zero-order valence-electron chi connectivity index (χ0n) is 11.0. The van der Waals surface area contributed by atoms with Crippen LogP contribution >= 0.6 is 0 Å². The first-order valence-corrected chi connectivity index (χ1v) is 5.89. The van der Waals surface area contributed by atoms with Gasteiger partial charge in [-0.05, 0) is 31.1 Å². The molecule has 0 N–H and O–H groups in total. The zero-order chi connectivity index (χ0) is 12.8. The van der Waals surface area contributed by atoms with E-state index in [1.54, 1.807) is 0 Å². The fourth-order valence-electron chi connectivity index (χ4n) is 2.23. The number of hydrogen-bond donors (Lipinski definition) is 0. The van der Waals surface area contributed by atoms with Gasteiger partial charge in [-0.2, -0.15) is 0 Å². The van der Waals surface area contributed by atoms with Crippen molar-refractivity contribution >= 4 is 0 Å². The van der Waals surface area contributed by atoms with Gasteiger partial charge in [-0.3, -0.25) is 0 Å². The molecule has 1 aliphatic rings. The van der Waals surface area contributed by atoms with Crippen LogP contribution in [-0.4, -0.2) is 11.9 Å². The average Bonchev–Trinajstić information content (AvgIpc) is 2.30. The lowest BCUT2D eigenvalue weighted by Crippen LogP contribution is -2.23. The lowest BCUT2D eigenvalue weighted by molar-refractivity contribution is 0.519. The molecule has 1 nitrogen and oxygen atoms in total. The van der Waals surface area contributed by atoms with E-state index in [0.717, 1.165) is 6.42 Å². The second-order valence-electron chi connectivity index (χ2n) is 3.95. The predicted molar refractivity (Wildman–Crippen MR) is 76.5 cm³/mol. The molecule has 0 spiro atoms. The molecule has 0 fully saturated rings. The van der Waals surface area contributed by atoms with Gasteiger partial charge in [-0.25, -0.2) is 0 Å². The molecule has 1 rings (SSSR count). The van der Waals surface area contributed by atoms with Crippen LogP contribution in [0.15, 0.2) is 72.2 Å². The van der Waals surface area contributed by atoms with Gasteiger partial charge >= 0.3 is 0 Å². The Kier molecular flexibility index (Phi) is 4.77. The van der Waals surface area contributed by atoms with E-state index in [1.165, 1.54) is 22.5 Å². The van der Waals surface area contributed by atoms with Gasteiger partial charge in [0, 0.05) is 24.9 Å². The molecule has 1 heteroatoms. The second kappa shape index (κ2) is 6.09. The standard InChI is InChI=1S/C16H21N/c1-6-10-13-12-14(11-7-2)16(9-4)17(5)15(13)8-3/h6-11H,1,4,12H2,2-3,5H3/b11-7-,13-10-,15-8+. The van der Waals surface area contributed by atoms with Crippen molar-refractivity contribution < 1.29 is 0 Å².